The normalized spacial score (nSPS) is 16.2. The largest absolute Gasteiger partial charge is 0.392 e. The van der Waals surface area contributed by atoms with Crippen molar-refractivity contribution in [2.24, 2.45) is 10.9 Å². The number of ether oxygens (including phenoxy) is 1. The van der Waals surface area contributed by atoms with Crippen molar-refractivity contribution in [1.82, 2.24) is 10.2 Å². The van der Waals surface area contributed by atoms with Gasteiger partial charge in [0.05, 0.1) is 6.61 Å². The number of rotatable bonds is 6. The van der Waals surface area contributed by atoms with Crippen molar-refractivity contribution in [1.29, 1.82) is 0 Å². The van der Waals surface area contributed by atoms with Crippen molar-refractivity contribution in [2.45, 2.75) is 32.4 Å². The van der Waals surface area contributed by atoms with Crippen LogP contribution in [0.4, 0.5) is 4.39 Å². The SMILES string of the molecule is CN=C(NCc1ccc(F)c(CO)c1)N(C)CCC1CCOCC1. The first kappa shape index (κ1) is 18.7. The minimum absolute atomic E-state index is 0.292. The molecule has 1 saturated heterocycles. The molecule has 1 aliphatic heterocycles. The number of aliphatic imine (C=N–C) groups is 1. The summed E-state index contributed by atoms with van der Waals surface area (Å²) in [5.41, 5.74) is 1.23. The van der Waals surface area contributed by atoms with Crippen molar-refractivity contribution in [3.63, 3.8) is 0 Å². The molecule has 0 atom stereocenters. The van der Waals surface area contributed by atoms with Gasteiger partial charge in [0, 0.05) is 46.0 Å². The van der Waals surface area contributed by atoms with Crippen molar-refractivity contribution in [3.05, 3.63) is 35.1 Å². The summed E-state index contributed by atoms with van der Waals surface area (Å²) in [6, 6.07) is 4.79. The molecule has 1 heterocycles. The molecule has 0 spiro atoms. The van der Waals surface area contributed by atoms with E-state index in [9.17, 15) is 4.39 Å². The molecule has 1 aromatic carbocycles. The van der Waals surface area contributed by atoms with Gasteiger partial charge in [-0.3, -0.25) is 4.99 Å². The van der Waals surface area contributed by atoms with E-state index in [0.717, 1.165) is 56.5 Å². The fourth-order valence-electron chi connectivity index (χ4n) is 2.94. The van der Waals surface area contributed by atoms with Crippen LogP contribution in [0.15, 0.2) is 23.2 Å². The Morgan fingerprint density at radius 1 is 1.42 bits per heavy atom. The lowest BCUT2D eigenvalue weighted by Gasteiger charge is -2.27. The van der Waals surface area contributed by atoms with Gasteiger partial charge >= 0.3 is 0 Å². The second-order valence-corrected chi connectivity index (χ2v) is 6.25. The molecule has 0 aliphatic carbocycles. The average Bonchev–Trinajstić information content (AvgIpc) is 2.62. The summed E-state index contributed by atoms with van der Waals surface area (Å²) < 4.78 is 18.8. The summed E-state index contributed by atoms with van der Waals surface area (Å²) in [4.78, 5) is 6.43. The molecule has 1 fully saturated rings. The lowest BCUT2D eigenvalue weighted by Crippen LogP contribution is -2.39. The zero-order chi connectivity index (χ0) is 17.4. The highest BCUT2D eigenvalue weighted by Crippen LogP contribution is 2.18. The number of aliphatic hydroxyl groups is 1. The third kappa shape index (κ3) is 5.46. The van der Waals surface area contributed by atoms with E-state index in [-0.39, 0.29) is 12.4 Å². The molecule has 0 radical (unpaired) electrons. The van der Waals surface area contributed by atoms with Gasteiger partial charge in [0.25, 0.3) is 0 Å². The Bertz CT molecular complexity index is 545. The number of halogens is 1. The number of aliphatic hydroxyl groups excluding tert-OH is 1. The fraction of sp³-hybridized carbons (Fsp3) is 0.611. The zero-order valence-electron chi connectivity index (χ0n) is 14.6. The molecule has 0 unspecified atom stereocenters. The molecular formula is C18H28FN3O2. The summed E-state index contributed by atoms with van der Waals surface area (Å²) in [6.45, 7) is 2.94. The average molecular weight is 337 g/mol. The zero-order valence-corrected chi connectivity index (χ0v) is 14.6. The maximum Gasteiger partial charge on any atom is 0.193 e. The van der Waals surface area contributed by atoms with Crippen LogP contribution >= 0.6 is 0 Å². The van der Waals surface area contributed by atoms with E-state index in [2.05, 4.69) is 15.2 Å². The summed E-state index contributed by atoms with van der Waals surface area (Å²) >= 11 is 0. The molecule has 134 valence electrons. The van der Waals surface area contributed by atoms with E-state index in [4.69, 9.17) is 9.84 Å². The first-order chi connectivity index (χ1) is 11.6. The Kier molecular flexibility index (Phi) is 7.46. The number of guanidine groups is 1. The minimum Gasteiger partial charge on any atom is -0.392 e. The third-order valence-corrected chi connectivity index (χ3v) is 4.52. The van der Waals surface area contributed by atoms with E-state index in [1.54, 1.807) is 19.2 Å². The van der Waals surface area contributed by atoms with Gasteiger partial charge in [-0.15, -0.1) is 0 Å². The standard InChI is InChI=1S/C18H28FN3O2/c1-20-18(22(2)8-5-14-6-9-24-10-7-14)21-12-15-3-4-17(19)16(11-15)13-23/h3-4,11,14,23H,5-10,12-13H2,1-2H3,(H,20,21). The van der Waals surface area contributed by atoms with Gasteiger partial charge in [-0.1, -0.05) is 6.07 Å². The van der Waals surface area contributed by atoms with Crippen LogP contribution in [0.3, 0.4) is 0 Å². The predicted molar refractivity (Wildman–Crippen MR) is 93.3 cm³/mol. The highest BCUT2D eigenvalue weighted by atomic mass is 19.1. The van der Waals surface area contributed by atoms with Crippen LogP contribution in [0.5, 0.6) is 0 Å². The maximum atomic E-state index is 13.4. The Hall–Kier alpha value is -1.66. The maximum absolute atomic E-state index is 13.4. The first-order valence-corrected chi connectivity index (χ1v) is 8.51. The van der Waals surface area contributed by atoms with Crippen molar-refractivity contribution < 1.29 is 14.2 Å². The van der Waals surface area contributed by atoms with E-state index in [1.165, 1.54) is 6.07 Å². The molecule has 5 nitrogen and oxygen atoms in total. The highest BCUT2D eigenvalue weighted by Gasteiger charge is 2.15. The number of hydrogen-bond donors (Lipinski definition) is 2. The quantitative estimate of drug-likeness (QED) is 0.617. The molecule has 0 bridgehead atoms. The molecule has 0 aromatic heterocycles. The van der Waals surface area contributed by atoms with E-state index in [1.807, 2.05) is 7.05 Å². The molecule has 1 aliphatic rings. The predicted octanol–water partition coefficient (Wildman–Crippen LogP) is 2.14. The number of nitrogens with one attached hydrogen (secondary N) is 1. The second-order valence-electron chi connectivity index (χ2n) is 6.25. The van der Waals surface area contributed by atoms with Crippen LogP contribution in [0.25, 0.3) is 0 Å². The van der Waals surface area contributed by atoms with E-state index >= 15 is 0 Å². The van der Waals surface area contributed by atoms with Crippen LogP contribution in [0.1, 0.15) is 30.4 Å². The van der Waals surface area contributed by atoms with Gasteiger partial charge in [0.15, 0.2) is 5.96 Å². The first-order valence-electron chi connectivity index (χ1n) is 8.51. The molecular weight excluding hydrogens is 309 g/mol. The number of nitrogens with zero attached hydrogens (tertiary/aromatic N) is 2. The van der Waals surface area contributed by atoms with E-state index in [0.29, 0.717) is 12.1 Å². The van der Waals surface area contributed by atoms with Gasteiger partial charge in [-0.2, -0.15) is 0 Å². The van der Waals surface area contributed by atoms with Crippen molar-refractivity contribution in [3.8, 4) is 0 Å². The minimum atomic E-state index is -0.376. The van der Waals surface area contributed by atoms with Crippen LogP contribution < -0.4 is 5.32 Å². The molecule has 2 N–H and O–H groups in total. The summed E-state index contributed by atoms with van der Waals surface area (Å²) in [5.74, 6) is 1.17. The molecule has 1 aromatic rings. The molecule has 0 amide bonds. The van der Waals surface area contributed by atoms with Crippen LogP contribution in [0, 0.1) is 11.7 Å². The molecule has 24 heavy (non-hydrogen) atoms. The fourth-order valence-corrected chi connectivity index (χ4v) is 2.94. The Balaban J connectivity index is 1.82. The second kappa shape index (κ2) is 9.59. The lowest BCUT2D eigenvalue weighted by atomic mass is 9.96. The topological polar surface area (TPSA) is 57.1 Å². The third-order valence-electron chi connectivity index (χ3n) is 4.52. The summed E-state index contributed by atoms with van der Waals surface area (Å²) in [5, 5.41) is 12.4. The highest BCUT2D eigenvalue weighted by molar-refractivity contribution is 5.79. The van der Waals surface area contributed by atoms with Crippen molar-refractivity contribution in [2.75, 3.05) is 33.9 Å². The monoisotopic (exact) mass is 337 g/mol. The van der Waals surface area contributed by atoms with Gasteiger partial charge in [-0.25, -0.2) is 4.39 Å². The van der Waals surface area contributed by atoms with Crippen molar-refractivity contribution >= 4 is 5.96 Å². The number of hydrogen-bond acceptors (Lipinski definition) is 3. The molecule has 2 rings (SSSR count). The Morgan fingerprint density at radius 2 is 2.17 bits per heavy atom. The van der Waals surface area contributed by atoms with Gasteiger partial charge in [0.2, 0.25) is 0 Å². The van der Waals surface area contributed by atoms with E-state index < -0.39 is 0 Å². The van der Waals surface area contributed by atoms with Crippen LogP contribution in [0.2, 0.25) is 0 Å². The number of benzene rings is 1. The summed E-state index contributed by atoms with van der Waals surface area (Å²) in [6.07, 6.45) is 3.41. The van der Waals surface area contributed by atoms with Gasteiger partial charge < -0.3 is 20.1 Å². The van der Waals surface area contributed by atoms with Gasteiger partial charge in [-0.05, 0) is 42.9 Å². The summed E-state index contributed by atoms with van der Waals surface area (Å²) in [7, 11) is 3.79. The Labute approximate surface area is 143 Å². The molecule has 6 heteroatoms. The van der Waals surface area contributed by atoms with Gasteiger partial charge in [0.1, 0.15) is 5.82 Å². The van der Waals surface area contributed by atoms with Crippen LogP contribution in [-0.4, -0.2) is 49.8 Å². The van der Waals surface area contributed by atoms with Crippen LogP contribution in [-0.2, 0) is 17.9 Å². The smallest absolute Gasteiger partial charge is 0.193 e. The Morgan fingerprint density at radius 3 is 2.83 bits per heavy atom. The molecule has 0 saturated carbocycles. The lowest BCUT2D eigenvalue weighted by molar-refractivity contribution is 0.0625.